The molecule has 7 nitrogen and oxygen atoms in total. The first kappa shape index (κ1) is 20.4. The fourth-order valence-electron chi connectivity index (χ4n) is 3.17. The van der Waals surface area contributed by atoms with Crippen LogP contribution in [0.1, 0.15) is 57.8 Å². The lowest BCUT2D eigenvalue weighted by Crippen LogP contribution is -2.19. The lowest BCUT2D eigenvalue weighted by atomic mass is 9.97. The zero-order chi connectivity index (χ0) is 21.3. The van der Waals surface area contributed by atoms with Crippen LogP contribution in [0.3, 0.4) is 0 Å². The van der Waals surface area contributed by atoms with Gasteiger partial charge >= 0.3 is 12.1 Å². The third-order valence-corrected chi connectivity index (χ3v) is 4.46. The number of carboxylic acid groups (broad SMARTS) is 1. The quantitative estimate of drug-likeness (QED) is 0.751. The van der Waals surface area contributed by atoms with Crippen molar-refractivity contribution in [2.24, 2.45) is 0 Å². The third kappa shape index (κ3) is 4.10. The average molecular weight is 409 g/mol. The smallest absolute Gasteiger partial charge is 0.416 e. The molecule has 0 aliphatic carbocycles. The first-order valence-corrected chi connectivity index (χ1v) is 8.60. The summed E-state index contributed by atoms with van der Waals surface area (Å²) in [5.41, 5.74) is -0.544. The number of benzene rings is 1. The molecular formula is C19H18F3N3O4. The normalized spacial score (nSPS) is 15.0. The second-order valence-corrected chi connectivity index (χ2v) is 6.45. The van der Waals surface area contributed by atoms with Crippen LogP contribution in [-0.2, 0) is 15.7 Å². The predicted molar refractivity (Wildman–Crippen MR) is 96.0 cm³/mol. The van der Waals surface area contributed by atoms with Gasteiger partial charge in [-0.3, -0.25) is 0 Å². The molecule has 10 heteroatoms. The number of nitrogens with zero attached hydrogens (tertiary/aromatic N) is 2. The van der Waals surface area contributed by atoms with E-state index in [1.807, 2.05) is 0 Å². The van der Waals surface area contributed by atoms with Gasteiger partial charge in [0.2, 0.25) is 0 Å². The summed E-state index contributed by atoms with van der Waals surface area (Å²) >= 11 is 0. The highest BCUT2D eigenvalue weighted by Gasteiger charge is 2.34. The third-order valence-electron chi connectivity index (χ3n) is 4.46. The molecule has 29 heavy (non-hydrogen) atoms. The van der Waals surface area contributed by atoms with Crippen LogP contribution in [0.2, 0.25) is 0 Å². The van der Waals surface area contributed by atoms with Crippen LogP contribution in [0.25, 0.3) is 0 Å². The first-order chi connectivity index (χ1) is 13.6. The molecule has 0 saturated carbocycles. The van der Waals surface area contributed by atoms with Crippen molar-refractivity contribution >= 4 is 11.8 Å². The Kier molecular flexibility index (Phi) is 5.36. The van der Waals surface area contributed by atoms with E-state index < -0.39 is 30.0 Å². The standard InChI is InChI=1S/C19H18F3N3O4/c1-9-12(5-4-6-13(9)19(20,21)22)10(2)23-16-14(18-28-7-8-29-18)15(17(26)27)24-11(3)25-16/h4-8,10,18H,1-3H3,(H,26,27)(H,23,24,25)/t10-/m1/s1. The van der Waals surface area contributed by atoms with E-state index in [9.17, 15) is 23.1 Å². The van der Waals surface area contributed by atoms with Crippen molar-refractivity contribution in [2.75, 3.05) is 5.32 Å². The van der Waals surface area contributed by atoms with Gasteiger partial charge in [-0.2, -0.15) is 13.2 Å². The molecule has 0 unspecified atom stereocenters. The molecule has 0 amide bonds. The van der Waals surface area contributed by atoms with E-state index in [1.54, 1.807) is 13.0 Å². The number of aromatic carboxylic acids is 1. The molecule has 0 fully saturated rings. The number of carboxylic acids is 1. The average Bonchev–Trinajstić information content (AvgIpc) is 3.14. The molecule has 1 atom stereocenters. The molecule has 0 saturated heterocycles. The molecule has 0 bridgehead atoms. The van der Waals surface area contributed by atoms with Crippen molar-refractivity contribution in [1.29, 1.82) is 0 Å². The zero-order valence-corrected chi connectivity index (χ0v) is 15.7. The Morgan fingerprint density at radius 1 is 1.21 bits per heavy atom. The van der Waals surface area contributed by atoms with Gasteiger partial charge in [-0.15, -0.1) is 0 Å². The Morgan fingerprint density at radius 3 is 2.45 bits per heavy atom. The van der Waals surface area contributed by atoms with E-state index in [2.05, 4.69) is 15.3 Å². The SMILES string of the molecule is Cc1nc(N[C@H](C)c2cccc(C(F)(F)F)c2C)c(C2OC=CO2)c(C(=O)O)n1. The largest absolute Gasteiger partial charge is 0.476 e. The van der Waals surface area contributed by atoms with Crippen LogP contribution < -0.4 is 5.32 Å². The molecule has 2 aromatic rings. The Morgan fingerprint density at radius 2 is 1.86 bits per heavy atom. The Labute approximate surface area is 164 Å². The lowest BCUT2D eigenvalue weighted by Gasteiger charge is -2.23. The monoisotopic (exact) mass is 409 g/mol. The number of nitrogens with one attached hydrogen (secondary N) is 1. The van der Waals surface area contributed by atoms with Crippen molar-refractivity contribution in [2.45, 2.75) is 39.3 Å². The number of alkyl halides is 3. The maximum absolute atomic E-state index is 13.2. The molecule has 3 rings (SSSR count). The topological polar surface area (TPSA) is 93.6 Å². The van der Waals surface area contributed by atoms with Crippen molar-refractivity contribution in [3.8, 4) is 0 Å². The van der Waals surface area contributed by atoms with Crippen LogP contribution >= 0.6 is 0 Å². The molecule has 0 radical (unpaired) electrons. The van der Waals surface area contributed by atoms with Gasteiger partial charge in [0.15, 0.2) is 5.69 Å². The second kappa shape index (κ2) is 7.61. The number of anilines is 1. The van der Waals surface area contributed by atoms with Gasteiger partial charge in [-0.1, -0.05) is 12.1 Å². The maximum atomic E-state index is 13.2. The summed E-state index contributed by atoms with van der Waals surface area (Å²) < 4.78 is 50.2. The van der Waals surface area contributed by atoms with Crippen LogP contribution in [0.5, 0.6) is 0 Å². The molecule has 1 aromatic heterocycles. The number of aryl methyl sites for hydroxylation is 1. The van der Waals surface area contributed by atoms with E-state index in [4.69, 9.17) is 9.47 Å². The summed E-state index contributed by atoms with van der Waals surface area (Å²) in [5.74, 6) is -1.03. The van der Waals surface area contributed by atoms with Gasteiger partial charge in [0.1, 0.15) is 29.7 Å². The summed E-state index contributed by atoms with van der Waals surface area (Å²) in [5, 5.41) is 12.5. The molecule has 154 valence electrons. The number of hydrogen-bond donors (Lipinski definition) is 2. The van der Waals surface area contributed by atoms with Gasteiger partial charge in [0, 0.05) is 0 Å². The number of rotatable bonds is 5. The number of halogens is 3. The van der Waals surface area contributed by atoms with Gasteiger partial charge < -0.3 is 19.9 Å². The minimum Gasteiger partial charge on any atom is -0.476 e. The van der Waals surface area contributed by atoms with Gasteiger partial charge in [-0.25, -0.2) is 14.8 Å². The molecule has 1 aromatic carbocycles. The highest BCUT2D eigenvalue weighted by molar-refractivity contribution is 5.88. The van der Waals surface area contributed by atoms with Crippen molar-refractivity contribution in [3.05, 3.63) is 64.5 Å². The van der Waals surface area contributed by atoms with E-state index in [0.29, 0.717) is 5.56 Å². The number of aromatic nitrogens is 2. The Hall–Kier alpha value is -3.30. The minimum atomic E-state index is -4.48. The number of ether oxygens (including phenoxy) is 2. The molecule has 1 aliphatic heterocycles. The summed E-state index contributed by atoms with van der Waals surface area (Å²) in [4.78, 5) is 19.8. The van der Waals surface area contributed by atoms with Crippen LogP contribution in [-0.4, -0.2) is 21.0 Å². The van der Waals surface area contributed by atoms with Crippen molar-refractivity contribution in [1.82, 2.24) is 9.97 Å². The Balaban J connectivity index is 2.03. The van der Waals surface area contributed by atoms with Gasteiger partial charge in [0.25, 0.3) is 6.29 Å². The van der Waals surface area contributed by atoms with Crippen LogP contribution in [0, 0.1) is 13.8 Å². The van der Waals surface area contributed by atoms with Gasteiger partial charge in [-0.05, 0) is 38.0 Å². The van der Waals surface area contributed by atoms with Crippen LogP contribution in [0.15, 0.2) is 30.7 Å². The molecular weight excluding hydrogens is 391 g/mol. The molecule has 2 N–H and O–H groups in total. The Bertz CT molecular complexity index is 968. The van der Waals surface area contributed by atoms with E-state index in [0.717, 1.165) is 6.07 Å². The van der Waals surface area contributed by atoms with E-state index in [-0.39, 0.29) is 28.5 Å². The van der Waals surface area contributed by atoms with E-state index in [1.165, 1.54) is 32.4 Å². The fourth-order valence-corrected chi connectivity index (χ4v) is 3.17. The fraction of sp³-hybridized carbons (Fsp3) is 0.316. The maximum Gasteiger partial charge on any atom is 0.416 e. The minimum absolute atomic E-state index is 0.0459. The predicted octanol–water partition coefficient (Wildman–Crippen LogP) is 4.50. The summed E-state index contributed by atoms with van der Waals surface area (Å²) in [6.07, 6.45) is -3.07. The van der Waals surface area contributed by atoms with Crippen LogP contribution in [0.4, 0.5) is 19.0 Å². The highest BCUT2D eigenvalue weighted by Crippen LogP contribution is 2.37. The highest BCUT2D eigenvalue weighted by atomic mass is 19.4. The second-order valence-electron chi connectivity index (χ2n) is 6.45. The summed E-state index contributed by atoms with van der Waals surface area (Å²) in [6, 6.07) is 3.28. The number of hydrogen-bond acceptors (Lipinski definition) is 6. The van der Waals surface area contributed by atoms with E-state index >= 15 is 0 Å². The zero-order valence-electron chi connectivity index (χ0n) is 15.7. The van der Waals surface area contributed by atoms with Crippen molar-refractivity contribution < 1.29 is 32.5 Å². The summed E-state index contributed by atoms with van der Waals surface area (Å²) in [7, 11) is 0. The lowest BCUT2D eigenvalue weighted by molar-refractivity contribution is -0.138. The van der Waals surface area contributed by atoms with Gasteiger partial charge in [0.05, 0.1) is 11.6 Å². The number of carbonyl (C=O) groups is 1. The van der Waals surface area contributed by atoms with Crippen molar-refractivity contribution in [3.63, 3.8) is 0 Å². The molecule has 1 aliphatic rings. The first-order valence-electron chi connectivity index (χ1n) is 8.60. The molecule has 2 heterocycles. The summed E-state index contributed by atoms with van der Waals surface area (Å²) in [6.45, 7) is 4.55. The molecule has 0 spiro atoms.